The van der Waals surface area contributed by atoms with E-state index in [4.69, 9.17) is 11.5 Å². The molecule has 0 aliphatic rings. The second kappa shape index (κ2) is 3.53. The molecule has 0 amide bonds. The molecule has 0 unspecified atom stereocenters. The maximum Gasteiger partial charge on any atom is 0.337 e. The molecule has 0 aliphatic carbocycles. The van der Waals surface area contributed by atoms with Crippen LogP contribution in [0, 0.1) is 22.5 Å². The van der Waals surface area contributed by atoms with E-state index in [1.807, 2.05) is 5.92 Å². The molecule has 0 fully saturated rings. The normalized spacial score (nSPS) is 9.07. The number of hydrogen-bond donors (Lipinski definition) is 1. The van der Waals surface area contributed by atoms with Gasteiger partial charge in [0.25, 0.3) is 0 Å². The third-order valence-corrected chi connectivity index (χ3v) is 1.45. The number of aromatic nitrogens is 1. The predicted molar refractivity (Wildman–Crippen MR) is 45.8 cm³/mol. The summed E-state index contributed by atoms with van der Waals surface area (Å²) in [5.74, 6) is 0.710. The topological polar surface area (TPSA) is 93.3 Å². The zero-order valence-electron chi connectivity index (χ0n) is 6.80. The average Bonchev–Trinajstić information content (AvgIpc) is 2.16. The first-order valence-corrected chi connectivity index (χ1v) is 3.40. The summed E-state index contributed by atoms with van der Waals surface area (Å²) in [7, 11) is 0. The minimum atomic E-state index is -1.29. The molecule has 14 heavy (non-hydrogen) atoms. The summed E-state index contributed by atoms with van der Waals surface area (Å²) in [6, 6.07) is 0.879. The van der Waals surface area contributed by atoms with Gasteiger partial charge in [0.05, 0.1) is 10.5 Å². The Morgan fingerprint density at radius 3 is 2.79 bits per heavy atom. The quantitative estimate of drug-likeness (QED) is 0.422. The van der Waals surface area contributed by atoms with Crippen molar-refractivity contribution in [2.75, 3.05) is 0 Å². The van der Waals surface area contributed by atoms with Crippen molar-refractivity contribution in [3.8, 4) is 12.3 Å². The molecule has 0 bridgehead atoms. The second-order valence-electron chi connectivity index (χ2n) is 2.30. The van der Waals surface area contributed by atoms with Crippen molar-refractivity contribution < 1.29 is 14.8 Å². The molecule has 0 aliphatic heterocycles. The molecule has 0 spiro atoms. The van der Waals surface area contributed by atoms with Gasteiger partial charge in [-0.1, -0.05) is 0 Å². The van der Waals surface area contributed by atoms with E-state index in [1.165, 1.54) is 0 Å². The molecule has 6 heteroatoms. The minimum Gasteiger partial charge on any atom is -0.478 e. The zero-order chi connectivity index (χ0) is 10.7. The first-order valence-electron chi connectivity index (χ1n) is 3.40. The van der Waals surface area contributed by atoms with E-state index < -0.39 is 16.6 Å². The summed E-state index contributed by atoms with van der Waals surface area (Å²) in [5.41, 5.74) is -0.928. The number of pyridine rings is 1. The number of carboxylic acids is 1. The Kier molecular flexibility index (Phi) is 2.44. The van der Waals surface area contributed by atoms with E-state index >= 15 is 0 Å². The molecule has 0 aromatic carbocycles. The summed E-state index contributed by atoms with van der Waals surface area (Å²) in [5, 5.41) is 19.0. The van der Waals surface area contributed by atoms with Crippen LogP contribution in [0.3, 0.4) is 0 Å². The fourth-order valence-corrected chi connectivity index (χ4v) is 0.820. The lowest BCUT2D eigenvalue weighted by molar-refractivity contribution is -0.385. The predicted octanol–water partition coefficient (Wildman–Crippen LogP) is 0.669. The van der Waals surface area contributed by atoms with Crippen LogP contribution in [0.15, 0.2) is 12.3 Å². The highest BCUT2D eigenvalue weighted by molar-refractivity contribution is 5.88. The largest absolute Gasteiger partial charge is 0.478 e. The number of nitro groups is 1. The molecular formula is C8H4N2O4. The smallest absolute Gasteiger partial charge is 0.337 e. The lowest BCUT2D eigenvalue weighted by Crippen LogP contribution is -2.02. The number of hydrogen-bond acceptors (Lipinski definition) is 4. The van der Waals surface area contributed by atoms with Crippen molar-refractivity contribution in [1.29, 1.82) is 0 Å². The maximum atomic E-state index is 10.5. The van der Waals surface area contributed by atoms with Gasteiger partial charge in [-0.25, -0.2) is 9.78 Å². The molecule has 70 valence electrons. The van der Waals surface area contributed by atoms with E-state index in [-0.39, 0.29) is 11.3 Å². The Morgan fingerprint density at radius 2 is 2.36 bits per heavy atom. The van der Waals surface area contributed by atoms with Gasteiger partial charge in [0.15, 0.2) is 5.69 Å². The first kappa shape index (κ1) is 9.67. The van der Waals surface area contributed by atoms with E-state index in [0.29, 0.717) is 0 Å². The van der Waals surface area contributed by atoms with Gasteiger partial charge in [-0.05, 0) is 5.92 Å². The summed E-state index contributed by atoms with van der Waals surface area (Å²) in [6.45, 7) is 0. The van der Waals surface area contributed by atoms with Gasteiger partial charge in [-0.15, -0.1) is 6.42 Å². The highest BCUT2D eigenvalue weighted by Crippen LogP contribution is 2.16. The average molecular weight is 192 g/mol. The highest BCUT2D eigenvalue weighted by atomic mass is 16.6. The zero-order valence-corrected chi connectivity index (χ0v) is 6.80. The molecule has 0 atom stereocenters. The fraction of sp³-hybridized carbons (Fsp3) is 0. The van der Waals surface area contributed by atoms with Crippen molar-refractivity contribution in [2.45, 2.75) is 0 Å². The summed E-state index contributed by atoms with van der Waals surface area (Å²) in [4.78, 5) is 23.6. The van der Waals surface area contributed by atoms with Crippen LogP contribution in [0.1, 0.15) is 16.1 Å². The molecule has 1 aromatic rings. The van der Waals surface area contributed by atoms with E-state index in [0.717, 1.165) is 12.3 Å². The Balaban J connectivity index is 3.37. The summed E-state index contributed by atoms with van der Waals surface area (Å²) in [6.07, 6.45) is 5.93. The van der Waals surface area contributed by atoms with Gasteiger partial charge in [0, 0.05) is 12.3 Å². The van der Waals surface area contributed by atoms with Gasteiger partial charge in [-0.3, -0.25) is 10.1 Å². The molecule has 1 rings (SSSR count). The molecular weight excluding hydrogens is 188 g/mol. The summed E-state index contributed by atoms with van der Waals surface area (Å²) < 4.78 is 0. The molecule has 0 saturated carbocycles. The second-order valence-corrected chi connectivity index (χ2v) is 2.30. The number of carbonyl (C=O) groups is 1. The van der Waals surface area contributed by atoms with Crippen LogP contribution in [-0.4, -0.2) is 21.0 Å². The van der Waals surface area contributed by atoms with Gasteiger partial charge in [0.2, 0.25) is 0 Å². The Bertz CT molecular complexity index is 447. The van der Waals surface area contributed by atoms with Crippen molar-refractivity contribution in [2.24, 2.45) is 0 Å². The van der Waals surface area contributed by atoms with Gasteiger partial charge < -0.3 is 5.11 Å². The third kappa shape index (κ3) is 1.67. The lowest BCUT2D eigenvalue weighted by atomic mass is 10.2. The van der Waals surface area contributed by atoms with Gasteiger partial charge in [0.1, 0.15) is 0 Å². The number of terminal acetylenes is 1. The lowest BCUT2D eigenvalue weighted by Gasteiger charge is -1.96. The SMILES string of the molecule is C#Cc1ncc(C(=O)O)cc1[N+](=O)[O-]. The Morgan fingerprint density at radius 1 is 1.71 bits per heavy atom. The highest BCUT2D eigenvalue weighted by Gasteiger charge is 2.16. The first-order chi connectivity index (χ1) is 6.56. The van der Waals surface area contributed by atoms with Crippen molar-refractivity contribution >= 4 is 11.7 Å². The van der Waals surface area contributed by atoms with Crippen molar-refractivity contribution in [1.82, 2.24) is 4.98 Å². The molecule has 1 heterocycles. The van der Waals surface area contributed by atoms with Crippen molar-refractivity contribution in [3.05, 3.63) is 33.6 Å². The van der Waals surface area contributed by atoms with Crippen LogP contribution in [0.25, 0.3) is 0 Å². The molecule has 1 N–H and O–H groups in total. The van der Waals surface area contributed by atoms with E-state index in [1.54, 1.807) is 0 Å². The van der Waals surface area contributed by atoms with Crippen LogP contribution in [0.4, 0.5) is 5.69 Å². The van der Waals surface area contributed by atoms with Crippen LogP contribution < -0.4 is 0 Å². The van der Waals surface area contributed by atoms with E-state index in [2.05, 4.69) is 4.98 Å². The van der Waals surface area contributed by atoms with Gasteiger partial charge >= 0.3 is 11.7 Å². The number of nitrogens with zero attached hydrogens (tertiary/aromatic N) is 2. The minimum absolute atomic E-state index is 0.181. The molecule has 1 aromatic heterocycles. The summed E-state index contributed by atoms with van der Waals surface area (Å²) >= 11 is 0. The number of rotatable bonds is 2. The van der Waals surface area contributed by atoms with Crippen LogP contribution in [0.2, 0.25) is 0 Å². The fourth-order valence-electron chi connectivity index (χ4n) is 0.820. The van der Waals surface area contributed by atoms with Gasteiger partial charge in [-0.2, -0.15) is 0 Å². The Labute approximate surface area is 78.4 Å². The van der Waals surface area contributed by atoms with Crippen LogP contribution >= 0.6 is 0 Å². The van der Waals surface area contributed by atoms with Crippen molar-refractivity contribution in [3.63, 3.8) is 0 Å². The van der Waals surface area contributed by atoms with E-state index in [9.17, 15) is 14.9 Å². The molecule has 6 nitrogen and oxygen atoms in total. The monoisotopic (exact) mass is 192 g/mol. The molecule has 0 radical (unpaired) electrons. The number of carboxylic acid groups (broad SMARTS) is 1. The third-order valence-electron chi connectivity index (χ3n) is 1.45. The maximum absolute atomic E-state index is 10.5. The molecule has 0 saturated heterocycles. The van der Waals surface area contributed by atoms with Crippen LogP contribution in [0.5, 0.6) is 0 Å². The number of aromatic carboxylic acids is 1. The Hall–Kier alpha value is -2.42. The standard InChI is InChI=1S/C8H4N2O4/c1-2-6-7(10(13)14)3-5(4-9-6)8(11)12/h1,3-4H,(H,11,12). The van der Waals surface area contributed by atoms with Crippen LogP contribution in [-0.2, 0) is 0 Å².